The van der Waals surface area contributed by atoms with Crippen LogP contribution in [0, 0.1) is 24.4 Å². The smallest absolute Gasteiger partial charge is 0.259 e. The van der Waals surface area contributed by atoms with Crippen molar-refractivity contribution < 1.29 is 22.5 Å². The number of hydrogen-bond acceptors (Lipinski definition) is 4. The van der Waals surface area contributed by atoms with Crippen molar-refractivity contribution in [3.63, 3.8) is 0 Å². The predicted octanol–water partition coefficient (Wildman–Crippen LogP) is 4.87. The molecule has 0 fully saturated rings. The van der Waals surface area contributed by atoms with Crippen LogP contribution in [0.25, 0.3) is 22.4 Å². The minimum Gasteiger partial charge on any atom is -0.335 e. The van der Waals surface area contributed by atoms with E-state index < -0.39 is 23.4 Å². The first-order valence-electron chi connectivity index (χ1n) is 8.22. The lowest BCUT2D eigenvalue weighted by molar-refractivity contribution is 0.102. The Morgan fingerprint density at radius 2 is 1.71 bits per heavy atom. The summed E-state index contributed by atoms with van der Waals surface area (Å²) < 4.78 is 45.4. The van der Waals surface area contributed by atoms with Crippen LogP contribution in [0.5, 0.6) is 0 Å². The maximum Gasteiger partial charge on any atom is 0.259 e. The number of halogens is 3. The highest BCUT2D eigenvalue weighted by Gasteiger charge is 2.20. The standard InChI is InChI=1S/C20H12F3N3O2/c1-10-18-14(19(27)24-16-7-6-13(22)8-15(16)23)9-17(25-20(18)28-26-10)11-2-4-12(21)5-3-11/h2-9H,1H3,(H,24,27). The van der Waals surface area contributed by atoms with Crippen LogP contribution in [-0.4, -0.2) is 16.0 Å². The normalized spacial score (nSPS) is 11.0. The fourth-order valence-corrected chi connectivity index (χ4v) is 2.82. The Hall–Kier alpha value is -3.68. The topological polar surface area (TPSA) is 68.0 Å². The molecule has 0 aliphatic heterocycles. The van der Waals surface area contributed by atoms with Crippen molar-refractivity contribution in [3.05, 3.63) is 77.2 Å². The van der Waals surface area contributed by atoms with Crippen molar-refractivity contribution in [3.8, 4) is 11.3 Å². The number of carbonyl (C=O) groups is 1. The molecule has 5 nitrogen and oxygen atoms in total. The van der Waals surface area contributed by atoms with Crippen LogP contribution < -0.4 is 5.32 Å². The molecule has 0 saturated heterocycles. The highest BCUT2D eigenvalue weighted by Crippen LogP contribution is 2.28. The summed E-state index contributed by atoms with van der Waals surface area (Å²) >= 11 is 0. The van der Waals surface area contributed by atoms with E-state index in [0.717, 1.165) is 12.1 Å². The van der Waals surface area contributed by atoms with Crippen molar-refractivity contribution in [2.45, 2.75) is 6.92 Å². The van der Waals surface area contributed by atoms with Crippen LogP contribution >= 0.6 is 0 Å². The van der Waals surface area contributed by atoms with Crippen molar-refractivity contribution in [1.29, 1.82) is 0 Å². The molecular weight excluding hydrogens is 371 g/mol. The van der Waals surface area contributed by atoms with Gasteiger partial charge in [0.15, 0.2) is 0 Å². The number of aromatic nitrogens is 2. The second-order valence-electron chi connectivity index (χ2n) is 6.09. The summed E-state index contributed by atoms with van der Waals surface area (Å²) in [5, 5.41) is 6.60. The maximum atomic E-state index is 13.9. The molecule has 4 aromatic rings. The highest BCUT2D eigenvalue weighted by molar-refractivity contribution is 6.13. The Morgan fingerprint density at radius 3 is 2.43 bits per heavy atom. The van der Waals surface area contributed by atoms with E-state index in [2.05, 4.69) is 15.5 Å². The van der Waals surface area contributed by atoms with Gasteiger partial charge in [-0.05, 0) is 49.4 Å². The van der Waals surface area contributed by atoms with Gasteiger partial charge < -0.3 is 9.84 Å². The van der Waals surface area contributed by atoms with Gasteiger partial charge in [0, 0.05) is 11.6 Å². The zero-order valence-corrected chi connectivity index (χ0v) is 14.5. The van der Waals surface area contributed by atoms with Crippen molar-refractivity contribution >= 4 is 22.7 Å². The average molecular weight is 383 g/mol. The van der Waals surface area contributed by atoms with Gasteiger partial charge in [-0.1, -0.05) is 5.16 Å². The maximum absolute atomic E-state index is 13.9. The number of carbonyl (C=O) groups excluding carboxylic acids is 1. The molecule has 2 heterocycles. The van der Waals surface area contributed by atoms with Crippen LogP contribution in [-0.2, 0) is 0 Å². The third-order valence-electron chi connectivity index (χ3n) is 4.18. The van der Waals surface area contributed by atoms with Crippen LogP contribution in [0.4, 0.5) is 18.9 Å². The number of aryl methyl sites for hydroxylation is 1. The number of amides is 1. The molecular formula is C20H12F3N3O2. The summed E-state index contributed by atoms with van der Waals surface area (Å²) in [5.74, 6) is -2.72. The van der Waals surface area contributed by atoms with Crippen LogP contribution in [0.15, 0.2) is 53.1 Å². The molecule has 140 valence electrons. The molecule has 0 spiro atoms. The Kier molecular flexibility index (Phi) is 4.31. The third kappa shape index (κ3) is 3.20. The minimum atomic E-state index is -0.903. The van der Waals surface area contributed by atoms with E-state index in [9.17, 15) is 18.0 Å². The molecule has 8 heteroatoms. The monoisotopic (exact) mass is 383 g/mol. The second kappa shape index (κ2) is 6.80. The Morgan fingerprint density at radius 1 is 1.00 bits per heavy atom. The number of benzene rings is 2. The van der Waals surface area contributed by atoms with Gasteiger partial charge in [-0.25, -0.2) is 18.2 Å². The van der Waals surface area contributed by atoms with Gasteiger partial charge in [0.2, 0.25) is 0 Å². The quantitative estimate of drug-likeness (QED) is 0.548. The van der Waals surface area contributed by atoms with Gasteiger partial charge in [0.1, 0.15) is 17.5 Å². The van der Waals surface area contributed by atoms with Gasteiger partial charge in [0.05, 0.1) is 28.0 Å². The summed E-state index contributed by atoms with van der Waals surface area (Å²) in [4.78, 5) is 17.1. The summed E-state index contributed by atoms with van der Waals surface area (Å²) in [6, 6.07) is 9.86. The summed E-state index contributed by atoms with van der Waals surface area (Å²) in [7, 11) is 0. The highest BCUT2D eigenvalue weighted by atomic mass is 19.1. The molecule has 0 bridgehead atoms. The molecule has 0 radical (unpaired) electrons. The summed E-state index contributed by atoms with van der Waals surface area (Å²) in [6.07, 6.45) is 0. The van der Waals surface area contributed by atoms with Gasteiger partial charge in [0.25, 0.3) is 11.6 Å². The first kappa shape index (κ1) is 17.7. The van der Waals surface area contributed by atoms with Crippen LogP contribution in [0.3, 0.4) is 0 Å². The minimum absolute atomic E-state index is 0.115. The fraction of sp³-hybridized carbons (Fsp3) is 0.0500. The fourth-order valence-electron chi connectivity index (χ4n) is 2.82. The second-order valence-corrected chi connectivity index (χ2v) is 6.09. The lowest BCUT2D eigenvalue weighted by atomic mass is 10.0. The molecule has 28 heavy (non-hydrogen) atoms. The van der Waals surface area contributed by atoms with E-state index in [4.69, 9.17) is 4.52 Å². The van der Waals surface area contributed by atoms with Crippen molar-refractivity contribution in [1.82, 2.24) is 10.1 Å². The number of nitrogens with zero attached hydrogens (tertiary/aromatic N) is 2. The third-order valence-corrected chi connectivity index (χ3v) is 4.18. The Labute approximate surface area is 156 Å². The molecule has 2 aromatic carbocycles. The SMILES string of the molecule is Cc1noc2nc(-c3ccc(F)cc3)cc(C(=O)Nc3ccc(F)cc3F)c12. The number of nitrogens with one attached hydrogen (secondary N) is 1. The van der Waals surface area contributed by atoms with E-state index in [1.807, 2.05) is 0 Å². The van der Waals surface area contributed by atoms with Gasteiger partial charge in [-0.2, -0.15) is 0 Å². The van der Waals surface area contributed by atoms with Gasteiger partial charge in [-0.15, -0.1) is 0 Å². The molecule has 1 N–H and O–H groups in total. The Balaban J connectivity index is 1.81. The van der Waals surface area contributed by atoms with E-state index in [0.29, 0.717) is 28.4 Å². The number of anilines is 1. The van der Waals surface area contributed by atoms with Gasteiger partial charge in [-0.3, -0.25) is 4.79 Å². The van der Waals surface area contributed by atoms with Crippen molar-refractivity contribution in [2.75, 3.05) is 5.32 Å². The lowest BCUT2D eigenvalue weighted by Crippen LogP contribution is -2.14. The number of pyridine rings is 1. The lowest BCUT2D eigenvalue weighted by Gasteiger charge is -2.09. The van der Waals surface area contributed by atoms with Gasteiger partial charge >= 0.3 is 0 Å². The average Bonchev–Trinajstić information content (AvgIpc) is 3.05. The number of hydrogen-bond donors (Lipinski definition) is 1. The molecule has 4 rings (SSSR count). The predicted molar refractivity (Wildman–Crippen MR) is 96.2 cm³/mol. The number of fused-ring (bicyclic) bond motifs is 1. The van der Waals surface area contributed by atoms with E-state index in [-0.39, 0.29) is 17.0 Å². The zero-order valence-electron chi connectivity index (χ0n) is 14.5. The molecule has 0 saturated carbocycles. The zero-order chi connectivity index (χ0) is 19.8. The molecule has 0 aliphatic carbocycles. The molecule has 0 atom stereocenters. The first-order valence-corrected chi connectivity index (χ1v) is 8.22. The summed E-state index contributed by atoms with van der Waals surface area (Å²) in [6.45, 7) is 1.64. The molecule has 0 unspecified atom stereocenters. The van der Waals surface area contributed by atoms with Crippen LogP contribution in [0.2, 0.25) is 0 Å². The largest absolute Gasteiger partial charge is 0.335 e. The number of rotatable bonds is 3. The van der Waals surface area contributed by atoms with Crippen molar-refractivity contribution in [2.24, 2.45) is 0 Å². The molecule has 1 amide bonds. The first-order chi connectivity index (χ1) is 13.4. The summed E-state index contributed by atoms with van der Waals surface area (Å²) in [5.41, 5.74) is 1.43. The Bertz CT molecular complexity index is 1200. The molecule has 2 aromatic heterocycles. The van der Waals surface area contributed by atoms with E-state index in [1.54, 1.807) is 6.92 Å². The van der Waals surface area contributed by atoms with E-state index >= 15 is 0 Å². The molecule has 0 aliphatic rings. The van der Waals surface area contributed by atoms with Crippen LogP contribution in [0.1, 0.15) is 16.1 Å². The van der Waals surface area contributed by atoms with E-state index in [1.165, 1.54) is 30.3 Å².